The monoisotopic (exact) mass is 440 g/mol. The fourth-order valence-electron chi connectivity index (χ4n) is 4.32. The summed E-state index contributed by atoms with van der Waals surface area (Å²) in [6, 6.07) is 23.6. The van der Waals surface area contributed by atoms with Crippen molar-refractivity contribution in [2.75, 3.05) is 18.1 Å². The van der Waals surface area contributed by atoms with Crippen LogP contribution in [0, 0.1) is 12.8 Å². The lowest BCUT2D eigenvalue weighted by atomic mass is 10.1. The maximum Gasteiger partial charge on any atom is 0.254 e. The highest BCUT2D eigenvalue weighted by atomic mass is 16.5. The predicted molar refractivity (Wildman–Crippen MR) is 128 cm³/mol. The molecule has 1 saturated carbocycles. The lowest BCUT2D eigenvalue weighted by Crippen LogP contribution is -2.32. The van der Waals surface area contributed by atoms with E-state index in [2.05, 4.69) is 6.07 Å². The van der Waals surface area contributed by atoms with Gasteiger partial charge in [0.25, 0.3) is 5.91 Å². The van der Waals surface area contributed by atoms with Crippen LogP contribution in [-0.2, 0) is 17.9 Å². The van der Waals surface area contributed by atoms with Gasteiger partial charge in [-0.3, -0.25) is 9.59 Å². The molecule has 0 saturated heterocycles. The largest absolute Gasteiger partial charge is 0.491 e. The van der Waals surface area contributed by atoms with Crippen molar-refractivity contribution in [2.45, 2.75) is 32.9 Å². The van der Waals surface area contributed by atoms with E-state index in [0.29, 0.717) is 31.8 Å². The molecule has 0 N–H and O–H groups in total. The molecule has 0 aromatic heterocycles. The van der Waals surface area contributed by atoms with Gasteiger partial charge in [0.05, 0.1) is 13.1 Å². The first-order valence-electron chi connectivity index (χ1n) is 11.6. The number of hydrogen-bond donors (Lipinski definition) is 0. The number of aryl methyl sites for hydroxylation is 1. The van der Waals surface area contributed by atoms with Gasteiger partial charge in [0.15, 0.2) is 0 Å². The Morgan fingerprint density at radius 1 is 1.00 bits per heavy atom. The average Bonchev–Trinajstić information content (AvgIpc) is 3.69. The number of amides is 2. The maximum absolute atomic E-state index is 13.2. The molecule has 0 atom stereocenters. The second kappa shape index (κ2) is 9.10. The van der Waals surface area contributed by atoms with Crippen LogP contribution < -0.4 is 9.64 Å². The third-order valence-electron chi connectivity index (χ3n) is 6.26. The number of carbonyl (C=O) groups excluding carboxylic acids is 2. The van der Waals surface area contributed by atoms with Gasteiger partial charge >= 0.3 is 0 Å². The highest BCUT2D eigenvalue weighted by molar-refractivity contribution is 5.96. The van der Waals surface area contributed by atoms with Crippen molar-refractivity contribution in [3.63, 3.8) is 0 Å². The highest BCUT2D eigenvalue weighted by Crippen LogP contribution is 2.34. The van der Waals surface area contributed by atoms with Gasteiger partial charge in [0.1, 0.15) is 12.4 Å². The summed E-state index contributed by atoms with van der Waals surface area (Å²) in [5, 5.41) is 0. The van der Waals surface area contributed by atoms with E-state index in [0.717, 1.165) is 41.0 Å². The number of nitrogens with zero attached hydrogens (tertiary/aromatic N) is 2. The molecule has 5 rings (SSSR count). The summed E-state index contributed by atoms with van der Waals surface area (Å²) < 4.78 is 5.95. The van der Waals surface area contributed by atoms with Crippen LogP contribution in [-0.4, -0.2) is 29.9 Å². The van der Waals surface area contributed by atoms with Crippen molar-refractivity contribution in [3.8, 4) is 5.75 Å². The molecule has 33 heavy (non-hydrogen) atoms. The molecule has 0 spiro atoms. The van der Waals surface area contributed by atoms with Crippen LogP contribution in [0.15, 0.2) is 72.8 Å². The summed E-state index contributed by atoms with van der Waals surface area (Å²) in [5.74, 6) is 1.13. The molecule has 5 heteroatoms. The molecule has 1 aliphatic heterocycles. The predicted octanol–water partition coefficient (Wildman–Crippen LogP) is 4.97. The van der Waals surface area contributed by atoms with Crippen LogP contribution in [0.3, 0.4) is 0 Å². The van der Waals surface area contributed by atoms with Crippen molar-refractivity contribution in [1.29, 1.82) is 0 Å². The van der Waals surface area contributed by atoms with Crippen LogP contribution >= 0.6 is 0 Å². The van der Waals surface area contributed by atoms with E-state index in [1.807, 2.05) is 83.5 Å². The van der Waals surface area contributed by atoms with Gasteiger partial charge < -0.3 is 14.5 Å². The highest BCUT2D eigenvalue weighted by Gasteiger charge is 2.34. The Hall–Kier alpha value is -3.60. The van der Waals surface area contributed by atoms with Crippen LogP contribution in [0.1, 0.15) is 39.9 Å². The number of carbonyl (C=O) groups is 2. The van der Waals surface area contributed by atoms with Crippen molar-refractivity contribution in [3.05, 3.63) is 95.1 Å². The summed E-state index contributed by atoms with van der Waals surface area (Å²) in [6.07, 6.45) is 1.94. The zero-order valence-corrected chi connectivity index (χ0v) is 18.9. The zero-order chi connectivity index (χ0) is 22.8. The Balaban J connectivity index is 1.39. The maximum atomic E-state index is 13.2. The van der Waals surface area contributed by atoms with Gasteiger partial charge in [0.2, 0.25) is 5.91 Å². The molecular weight excluding hydrogens is 412 g/mol. The summed E-state index contributed by atoms with van der Waals surface area (Å²) >= 11 is 0. The third kappa shape index (κ3) is 4.77. The number of rotatable bonds is 5. The van der Waals surface area contributed by atoms with E-state index in [1.165, 1.54) is 0 Å². The number of fused-ring (bicyclic) bond motifs is 1. The Morgan fingerprint density at radius 2 is 1.82 bits per heavy atom. The van der Waals surface area contributed by atoms with Crippen LogP contribution in [0.5, 0.6) is 5.75 Å². The number of hydrogen-bond acceptors (Lipinski definition) is 3. The number of ether oxygens (including phenoxy) is 1. The quantitative estimate of drug-likeness (QED) is 0.563. The molecule has 3 aromatic rings. The molecule has 0 bridgehead atoms. The smallest absolute Gasteiger partial charge is 0.254 e. The van der Waals surface area contributed by atoms with Crippen LogP contribution in [0.2, 0.25) is 0 Å². The van der Waals surface area contributed by atoms with Gasteiger partial charge in [-0.25, -0.2) is 0 Å². The van der Waals surface area contributed by atoms with Gasteiger partial charge in [-0.2, -0.15) is 0 Å². The summed E-state index contributed by atoms with van der Waals surface area (Å²) in [4.78, 5) is 29.9. The first-order chi connectivity index (χ1) is 16.1. The fourth-order valence-corrected chi connectivity index (χ4v) is 4.32. The summed E-state index contributed by atoms with van der Waals surface area (Å²) in [6.45, 7) is 3.97. The van der Waals surface area contributed by atoms with Crippen molar-refractivity contribution >= 4 is 17.5 Å². The minimum Gasteiger partial charge on any atom is -0.491 e. The molecule has 1 aliphatic carbocycles. The zero-order valence-electron chi connectivity index (χ0n) is 18.9. The van der Waals surface area contributed by atoms with E-state index in [4.69, 9.17) is 4.74 Å². The molecule has 0 radical (unpaired) electrons. The molecular formula is C28H28N2O3. The third-order valence-corrected chi connectivity index (χ3v) is 6.26. The first-order valence-corrected chi connectivity index (χ1v) is 11.6. The Morgan fingerprint density at radius 3 is 2.58 bits per heavy atom. The standard InChI is InChI=1S/C28H28N2O3/c1-20-6-5-7-23(16-20)27(31)29-14-15-33-26-13-10-21(17-24(26)19-29)18-30(28(32)22-11-12-22)25-8-3-2-4-9-25/h2-10,13,16-17,22H,11-12,14-15,18-19H2,1H3. The number of benzene rings is 3. The summed E-state index contributed by atoms with van der Waals surface area (Å²) in [7, 11) is 0. The second-order valence-corrected chi connectivity index (χ2v) is 8.92. The van der Waals surface area contributed by atoms with Crippen LogP contribution in [0.4, 0.5) is 5.69 Å². The van der Waals surface area contributed by atoms with E-state index in [-0.39, 0.29) is 17.7 Å². The van der Waals surface area contributed by atoms with Crippen molar-refractivity contribution in [1.82, 2.24) is 4.90 Å². The van der Waals surface area contributed by atoms with Crippen molar-refractivity contribution in [2.24, 2.45) is 5.92 Å². The molecule has 1 fully saturated rings. The lowest BCUT2D eigenvalue weighted by Gasteiger charge is -2.24. The van der Waals surface area contributed by atoms with E-state index in [9.17, 15) is 9.59 Å². The van der Waals surface area contributed by atoms with E-state index >= 15 is 0 Å². The average molecular weight is 441 g/mol. The molecule has 5 nitrogen and oxygen atoms in total. The second-order valence-electron chi connectivity index (χ2n) is 8.92. The van der Waals surface area contributed by atoms with Gasteiger partial charge in [0, 0.05) is 29.3 Å². The molecule has 3 aromatic carbocycles. The Labute approximate surface area is 194 Å². The molecule has 2 amide bonds. The van der Waals surface area contributed by atoms with Gasteiger partial charge in [-0.05, 0) is 61.7 Å². The van der Waals surface area contributed by atoms with Crippen molar-refractivity contribution < 1.29 is 14.3 Å². The molecule has 168 valence electrons. The molecule has 2 aliphatic rings. The normalized spacial score (nSPS) is 15.2. The molecule has 1 heterocycles. The first kappa shape index (κ1) is 21.3. The SMILES string of the molecule is Cc1cccc(C(=O)N2CCOc3ccc(CN(C(=O)C4CC4)c4ccccc4)cc3C2)c1. The van der Waals surface area contributed by atoms with Gasteiger partial charge in [-0.15, -0.1) is 0 Å². The lowest BCUT2D eigenvalue weighted by molar-refractivity contribution is -0.119. The van der Waals surface area contributed by atoms with Crippen LogP contribution in [0.25, 0.3) is 0 Å². The van der Waals surface area contributed by atoms with Gasteiger partial charge in [-0.1, -0.05) is 42.0 Å². The minimum atomic E-state index is 0.00961. The topological polar surface area (TPSA) is 49.9 Å². The van der Waals surface area contributed by atoms with E-state index < -0.39 is 0 Å². The van der Waals surface area contributed by atoms with E-state index in [1.54, 1.807) is 0 Å². The minimum absolute atomic E-state index is 0.00961. The number of anilines is 1. The number of para-hydroxylation sites is 1. The Kier molecular flexibility index (Phi) is 5.86. The fraction of sp³-hybridized carbons (Fsp3) is 0.286. The molecule has 0 unspecified atom stereocenters. The Bertz CT molecular complexity index is 1170. The summed E-state index contributed by atoms with van der Waals surface area (Å²) in [5.41, 5.74) is 4.67.